The van der Waals surface area contributed by atoms with E-state index < -0.39 is 0 Å². The van der Waals surface area contributed by atoms with Crippen molar-refractivity contribution in [2.45, 2.75) is 51.9 Å². The number of nitrogens with zero attached hydrogens (tertiary/aromatic N) is 2. The topological polar surface area (TPSA) is 29.9 Å². The van der Waals surface area contributed by atoms with E-state index in [1.807, 2.05) is 28.9 Å². The van der Waals surface area contributed by atoms with Gasteiger partial charge < -0.3 is 5.32 Å². The standard InChI is InChI=1S/C18H24ClN3/c1-3-13(4-2)17-14-9-7-8-12-20-18(14)22(21-17)16-11-6-5-10-15(16)19/h5-6,10-11,13,20H,3-4,7-9,12H2,1-2H3. The average molecular weight is 318 g/mol. The fourth-order valence-corrected chi connectivity index (χ4v) is 3.55. The van der Waals surface area contributed by atoms with Gasteiger partial charge in [0.2, 0.25) is 0 Å². The van der Waals surface area contributed by atoms with Crippen LogP contribution in [-0.4, -0.2) is 16.3 Å². The zero-order valence-electron chi connectivity index (χ0n) is 13.4. The molecular formula is C18H24ClN3. The molecule has 118 valence electrons. The predicted molar refractivity (Wildman–Crippen MR) is 93.3 cm³/mol. The van der Waals surface area contributed by atoms with Crippen molar-refractivity contribution in [3.05, 3.63) is 40.5 Å². The second-order valence-corrected chi connectivity index (χ2v) is 6.38. The number of fused-ring (bicyclic) bond motifs is 1. The average Bonchev–Trinajstić information content (AvgIpc) is 2.72. The van der Waals surface area contributed by atoms with Crippen LogP contribution in [0.25, 0.3) is 5.69 Å². The second-order valence-electron chi connectivity index (χ2n) is 5.97. The molecule has 0 radical (unpaired) electrons. The van der Waals surface area contributed by atoms with E-state index in [1.165, 1.54) is 24.1 Å². The molecule has 1 aromatic heterocycles. The molecule has 0 amide bonds. The number of aromatic nitrogens is 2. The SMILES string of the molecule is CCC(CC)c1nn(-c2ccccc2Cl)c2c1CCCCN2. The molecule has 0 saturated carbocycles. The first-order chi connectivity index (χ1) is 10.8. The molecule has 3 nitrogen and oxygen atoms in total. The highest BCUT2D eigenvalue weighted by Gasteiger charge is 2.24. The van der Waals surface area contributed by atoms with Crippen molar-refractivity contribution in [1.82, 2.24) is 9.78 Å². The van der Waals surface area contributed by atoms with E-state index in [0.29, 0.717) is 5.92 Å². The van der Waals surface area contributed by atoms with Crippen LogP contribution in [0.4, 0.5) is 5.82 Å². The highest BCUT2D eigenvalue weighted by atomic mass is 35.5. The summed E-state index contributed by atoms with van der Waals surface area (Å²) in [5, 5.41) is 9.31. The number of rotatable bonds is 4. The molecule has 0 bridgehead atoms. The van der Waals surface area contributed by atoms with Gasteiger partial charge in [-0.2, -0.15) is 5.10 Å². The van der Waals surface area contributed by atoms with Crippen molar-refractivity contribution in [1.29, 1.82) is 0 Å². The molecule has 0 fully saturated rings. The van der Waals surface area contributed by atoms with Crippen LogP contribution < -0.4 is 5.32 Å². The summed E-state index contributed by atoms with van der Waals surface area (Å²) in [5.41, 5.74) is 3.62. The Morgan fingerprint density at radius 3 is 2.73 bits per heavy atom. The Morgan fingerprint density at radius 1 is 1.23 bits per heavy atom. The summed E-state index contributed by atoms with van der Waals surface area (Å²) >= 11 is 6.41. The summed E-state index contributed by atoms with van der Waals surface area (Å²) in [4.78, 5) is 0. The van der Waals surface area contributed by atoms with Gasteiger partial charge in [0.05, 0.1) is 16.4 Å². The minimum absolute atomic E-state index is 0.525. The summed E-state index contributed by atoms with van der Waals surface area (Å²) in [5.74, 6) is 1.67. The van der Waals surface area contributed by atoms with Crippen LogP contribution in [0.3, 0.4) is 0 Å². The fraction of sp³-hybridized carbons (Fsp3) is 0.500. The Balaban J connectivity index is 2.16. The Kier molecular flexibility index (Phi) is 4.72. The summed E-state index contributed by atoms with van der Waals surface area (Å²) in [6.07, 6.45) is 5.80. The van der Waals surface area contributed by atoms with E-state index in [2.05, 4.69) is 19.2 Å². The first kappa shape index (κ1) is 15.4. The molecule has 4 heteroatoms. The van der Waals surface area contributed by atoms with E-state index in [-0.39, 0.29) is 0 Å². The minimum Gasteiger partial charge on any atom is -0.370 e. The van der Waals surface area contributed by atoms with Crippen LogP contribution in [0.2, 0.25) is 5.02 Å². The Morgan fingerprint density at radius 2 is 2.00 bits per heavy atom. The predicted octanol–water partition coefficient (Wildman–Crippen LogP) is 5.18. The van der Waals surface area contributed by atoms with Gasteiger partial charge in [0.15, 0.2) is 0 Å². The molecule has 0 aliphatic carbocycles. The zero-order chi connectivity index (χ0) is 15.5. The number of nitrogens with one attached hydrogen (secondary N) is 1. The van der Waals surface area contributed by atoms with Crippen LogP contribution in [0.1, 0.15) is 56.7 Å². The maximum atomic E-state index is 6.41. The molecule has 1 aliphatic heterocycles. The Labute approximate surface area is 137 Å². The van der Waals surface area contributed by atoms with Crippen LogP contribution in [-0.2, 0) is 6.42 Å². The largest absolute Gasteiger partial charge is 0.370 e. The van der Waals surface area contributed by atoms with E-state index >= 15 is 0 Å². The van der Waals surface area contributed by atoms with Gasteiger partial charge in [-0.25, -0.2) is 4.68 Å². The van der Waals surface area contributed by atoms with Gasteiger partial charge in [0.25, 0.3) is 0 Å². The maximum absolute atomic E-state index is 6.41. The van der Waals surface area contributed by atoms with Gasteiger partial charge in [-0.1, -0.05) is 37.6 Å². The van der Waals surface area contributed by atoms with Crippen molar-refractivity contribution in [3.8, 4) is 5.69 Å². The van der Waals surface area contributed by atoms with Gasteiger partial charge in [0, 0.05) is 18.0 Å². The van der Waals surface area contributed by atoms with E-state index in [0.717, 1.165) is 42.3 Å². The number of anilines is 1. The summed E-state index contributed by atoms with van der Waals surface area (Å²) < 4.78 is 2.02. The molecule has 22 heavy (non-hydrogen) atoms. The monoisotopic (exact) mass is 317 g/mol. The van der Waals surface area contributed by atoms with E-state index in [9.17, 15) is 0 Å². The number of benzene rings is 1. The lowest BCUT2D eigenvalue weighted by molar-refractivity contribution is 0.605. The van der Waals surface area contributed by atoms with Gasteiger partial charge >= 0.3 is 0 Å². The van der Waals surface area contributed by atoms with E-state index in [1.54, 1.807) is 0 Å². The Hall–Kier alpha value is -1.48. The van der Waals surface area contributed by atoms with Crippen molar-refractivity contribution >= 4 is 17.4 Å². The molecule has 2 aromatic rings. The zero-order valence-corrected chi connectivity index (χ0v) is 14.2. The van der Waals surface area contributed by atoms with Crippen LogP contribution in [0, 0.1) is 0 Å². The van der Waals surface area contributed by atoms with Crippen molar-refractivity contribution in [2.75, 3.05) is 11.9 Å². The number of hydrogen-bond donors (Lipinski definition) is 1. The van der Waals surface area contributed by atoms with Crippen molar-refractivity contribution < 1.29 is 0 Å². The molecule has 1 aromatic carbocycles. The molecular weight excluding hydrogens is 294 g/mol. The third-order valence-electron chi connectivity index (χ3n) is 4.61. The fourth-order valence-electron chi connectivity index (χ4n) is 3.33. The molecule has 0 saturated heterocycles. The Bertz CT molecular complexity index is 644. The van der Waals surface area contributed by atoms with E-state index in [4.69, 9.17) is 16.7 Å². The smallest absolute Gasteiger partial charge is 0.133 e. The number of hydrogen-bond acceptors (Lipinski definition) is 2. The van der Waals surface area contributed by atoms with Crippen LogP contribution in [0.15, 0.2) is 24.3 Å². The minimum atomic E-state index is 0.525. The lowest BCUT2D eigenvalue weighted by Gasteiger charge is -2.11. The van der Waals surface area contributed by atoms with Gasteiger partial charge in [0.1, 0.15) is 5.82 Å². The third-order valence-corrected chi connectivity index (χ3v) is 4.93. The molecule has 0 unspecified atom stereocenters. The van der Waals surface area contributed by atoms with Gasteiger partial charge in [-0.15, -0.1) is 0 Å². The van der Waals surface area contributed by atoms with Gasteiger partial charge in [-0.05, 0) is 44.2 Å². The summed E-state index contributed by atoms with van der Waals surface area (Å²) in [7, 11) is 0. The lowest BCUT2D eigenvalue weighted by atomic mass is 9.94. The molecule has 0 spiro atoms. The maximum Gasteiger partial charge on any atom is 0.133 e. The normalized spacial score (nSPS) is 14.5. The van der Waals surface area contributed by atoms with Crippen LogP contribution in [0.5, 0.6) is 0 Å². The highest BCUT2D eigenvalue weighted by Crippen LogP contribution is 2.35. The lowest BCUT2D eigenvalue weighted by Crippen LogP contribution is -2.07. The number of halogens is 1. The van der Waals surface area contributed by atoms with Crippen LogP contribution >= 0.6 is 11.6 Å². The number of para-hydroxylation sites is 1. The summed E-state index contributed by atoms with van der Waals surface area (Å²) in [6, 6.07) is 7.95. The molecule has 1 N–H and O–H groups in total. The third kappa shape index (κ3) is 2.74. The van der Waals surface area contributed by atoms with Crippen molar-refractivity contribution in [3.63, 3.8) is 0 Å². The first-order valence-corrected chi connectivity index (χ1v) is 8.74. The highest BCUT2D eigenvalue weighted by molar-refractivity contribution is 6.32. The molecule has 1 aliphatic rings. The molecule has 2 heterocycles. The first-order valence-electron chi connectivity index (χ1n) is 8.36. The second kappa shape index (κ2) is 6.74. The van der Waals surface area contributed by atoms with Crippen molar-refractivity contribution in [2.24, 2.45) is 0 Å². The molecule has 3 rings (SSSR count). The molecule has 0 atom stereocenters. The van der Waals surface area contributed by atoms with Gasteiger partial charge in [-0.3, -0.25) is 0 Å². The quantitative estimate of drug-likeness (QED) is 0.842. The summed E-state index contributed by atoms with van der Waals surface area (Å²) in [6.45, 7) is 5.50.